The first-order valence-electron chi connectivity index (χ1n) is 11.0. The van der Waals surface area contributed by atoms with Crippen LogP contribution in [-0.2, 0) is 29.2 Å². The highest BCUT2D eigenvalue weighted by molar-refractivity contribution is 4.64. The molecular weight excluding hydrogens is 792 g/mol. The van der Waals surface area contributed by atoms with Crippen LogP contribution in [0.15, 0.2) is 25.3 Å². The highest BCUT2D eigenvalue weighted by atomic mass is 19.4. The summed E-state index contributed by atoms with van der Waals surface area (Å²) >= 11 is 0. The Kier molecular flexibility index (Phi) is 58.7. The van der Waals surface area contributed by atoms with Crippen molar-refractivity contribution in [2.75, 3.05) is 67.0 Å². The van der Waals surface area contributed by atoms with Crippen LogP contribution in [0.4, 0.5) is 106 Å². The Hall–Kier alpha value is -2.44. The van der Waals surface area contributed by atoms with Crippen LogP contribution >= 0.6 is 0 Å². The van der Waals surface area contributed by atoms with Crippen LogP contribution < -0.4 is 0 Å². The van der Waals surface area contributed by atoms with Crippen LogP contribution in [0, 0.1) is 0 Å². The van der Waals surface area contributed by atoms with Crippen LogP contribution in [0.25, 0.3) is 0 Å². The topological polar surface area (TPSA) is 55.4 Å². The molecular formula is C20H28F24O6. The molecule has 0 rings (SSSR count). The van der Waals surface area contributed by atoms with Gasteiger partial charge < -0.3 is 9.47 Å². The third-order valence-electron chi connectivity index (χ3n) is 1.98. The van der Waals surface area contributed by atoms with E-state index in [1.54, 1.807) is 0 Å². The van der Waals surface area contributed by atoms with Gasteiger partial charge in [0.25, 0.3) is 0 Å². The summed E-state index contributed by atoms with van der Waals surface area (Å²) in [5.41, 5.74) is 0. The Morgan fingerprint density at radius 3 is 0.880 bits per heavy atom. The van der Waals surface area contributed by atoms with Crippen LogP contribution in [0.1, 0.15) is 6.42 Å². The molecule has 0 saturated carbocycles. The first-order valence-corrected chi connectivity index (χ1v) is 11.0. The Morgan fingerprint density at radius 1 is 0.460 bits per heavy atom. The van der Waals surface area contributed by atoms with Gasteiger partial charge in [-0.3, -0.25) is 0 Å². The lowest BCUT2D eigenvalue weighted by Crippen LogP contribution is -2.18. The van der Waals surface area contributed by atoms with Crippen molar-refractivity contribution in [3.63, 3.8) is 0 Å². The van der Waals surface area contributed by atoms with E-state index in [-0.39, 0.29) is 13.2 Å². The minimum absolute atomic E-state index is 0.177. The number of alkyl halides is 20. The fraction of sp³-hybridized carbons (Fsp3) is 0.800. The van der Waals surface area contributed by atoms with Crippen molar-refractivity contribution in [1.82, 2.24) is 0 Å². The Morgan fingerprint density at radius 2 is 0.780 bits per heavy atom. The molecule has 0 spiro atoms. The minimum atomic E-state index is -4.62. The quantitative estimate of drug-likeness (QED) is 0.111. The standard InChI is InChI=1S/C6H9F3O.C4H7FO.3C2H2F4O.C2H2F4.CH2F2O.CH2F2/c1-2-4-10-5-3-6(7,8)9;1-2-3-6-4-5;2*3-2(4,5)1-7-6;3-1-2(4,5)7-6;3-1-2(4,5)6;2-1-4-3;2-1-3/h2H,1,3-5H2;2H,1,3-4H2;3*1H2;1H2;1H2;1H2. The average Bonchev–Trinajstić information content (AvgIpc) is 2.98. The van der Waals surface area contributed by atoms with Crippen molar-refractivity contribution in [3.05, 3.63) is 25.3 Å². The summed E-state index contributed by atoms with van der Waals surface area (Å²) in [6.45, 7) is -5.04. The van der Waals surface area contributed by atoms with Crippen molar-refractivity contribution in [2.24, 2.45) is 0 Å². The second-order valence-corrected chi connectivity index (χ2v) is 6.15. The molecule has 0 N–H and O–H groups in total. The highest BCUT2D eigenvalue weighted by Gasteiger charge is 2.31. The fourth-order valence-corrected chi connectivity index (χ4v) is 0.627. The normalized spacial score (nSPS) is 10.7. The summed E-state index contributed by atoms with van der Waals surface area (Å²) in [5.74, 6) is 0. The van der Waals surface area contributed by atoms with E-state index in [9.17, 15) is 106 Å². The van der Waals surface area contributed by atoms with Crippen molar-refractivity contribution < 1.29 is 135 Å². The van der Waals surface area contributed by atoms with Crippen LogP contribution in [0.5, 0.6) is 0 Å². The van der Waals surface area contributed by atoms with E-state index in [2.05, 4.69) is 37.5 Å². The Labute approximate surface area is 266 Å². The second kappa shape index (κ2) is 44.6. The molecule has 0 radical (unpaired) electrons. The van der Waals surface area contributed by atoms with Gasteiger partial charge in [-0.15, -0.1) is 18.1 Å². The van der Waals surface area contributed by atoms with Crippen molar-refractivity contribution in [2.45, 2.75) is 37.2 Å². The molecule has 0 aliphatic carbocycles. The minimum Gasteiger partial charge on any atom is -0.377 e. The summed E-state index contributed by atoms with van der Waals surface area (Å²) in [6.07, 6.45) is -20.1. The monoisotopic (exact) mass is 820 g/mol. The van der Waals surface area contributed by atoms with Crippen LogP contribution in [-0.4, -0.2) is 97.8 Å². The number of rotatable bonds is 12. The molecule has 0 atom stereocenters. The molecule has 0 fully saturated rings. The molecule has 0 aromatic carbocycles. The van der Waals surface area contributed by atoms with Crippen LogP contribution in [0.3, 0.4) is 0 Å². The average molecular weight is 820 g/mol. The van der Waals surface area contributed by atoms with Gasteiger partial charge in [0, 0.05) is 0 Å². The van der Waals surface area contributed by atoms with Crippen molar-refractivity contribution in [3.8, 4) is 0 Å². The smallest absolute Gasteiger partial charge is 0.377 e. The molecule has 0 aliphatic heterocycles. The molecule has 0 amide bonds. The van der Waals surface area contributed by atoms with Gasteiger partial charge in [-0.1, -0.05) is 12.2 Å². The lowest BCUT2D eigenvalue weighted by Gasteiger charge is -2.04. The van der Waals surface area contributed by atoms with Crippen molar-refractivity contribution in [1.29, 1.82) is 0 Å². The van der Waals surface area contributed by atoms with Gasteiger partial charge >= 0.3 is 30.8 Å². The Balaban J connectivity index is -0.0000000685. The molecule has 0 heterocycles. The summed E-state index contributed by atoms with van der Waals surface area (Å²) in [4.78, 5) is 8.82. The third-order valence-corrected chi connectivity index (χ3v) is 1.98. The molecule has 0 unspecified atom stereocenters. The maximum absolute atomic E-state index is 11.4. The van der Waals surface area contributed by atoms with Gasteiger partial charge in [-0.05, 0) is 18.1 Å². The first kappa shape index (κ1) is 65.9. The van der Waals surface area contributed by atoms with Gasteiger partial charge in [-0.25, -0.2) is 26.3 Å². The molecule has 0 bridgehead atoms. The SMILES string of the molecule is C=CCOCCC(F)(F)F.C=CCOCF.FCC(F)(F)F.FCC(F)(F)OF.FCF.FCOF.FOCC(F)(F)F.FOCC(F)(F)F. The van der Waals surface area contributed by atoms with Gasteiger partial charge in [-0.2, -0.15) is 76.3 Å². The third kappa shape index (κ3) is 138. The lowest BCUT2D eigenvalue weighted by atomic mass is 10.4. The Bertz CT molecular complexity index is 607. The van der Waals surface area contributed by atoms with Gasteiger partial charge in [0.15, 0.2) is 33.4 Å². The van der Waals surface area contributed by atoms with Gasteiger partial charge in [0.05, 0.1) is 26.2 Å². The van der Waals surface area contributed by atoms with Gasteiger partial charge in [0.1, 0.15) is 0 Å². The zero-order chi connectivity index (χ0) is 41.9. The summed E-state index contributed by atoms with van der Waals surface area (Å²) in [5, 5.41) is 0. The van der Waals surface area contributed by atoms with Crippen molar-refractivity contribution >= 4 is 0 Å². The van der Waals surface area contributed by atoms with E-state index in [1.807, 2.05) is 4.94 Å². The molecule has 0 saturated heterocycles. The van der Waals surface area contributed by atoms with E-state index in [0.29, 0.717) is 6.61 Å². The van der Waals surface area contributed by atoms with E-state index in [1.165, 1.54) is 12.2 Å². The van der Waals surface area contributed by atoms with Gasteiger partial charge in [0.2, 0.25) is 13.8 Å². The van der Waals surface area contributed by atoms with E-state index in [4.69, 9.17) is 0 Å². The molecule has 0 aliphatic rings. The number of ether oxygens (including phenoxy) is 2. The molecule has 312 valence electrons. The van der Waals surface area contributed by atoms with E-state index >= 15 is 0 Å². The fourth-order valence-electron chi connectivity index (χ4n) is 0.627. The lowest BCUT2D eigenvalue weighted by molar-refractivity contribution is -0.357. The summed E-state index contributed by atoms with van der Waals surface area (Å²) in [7, 11) is 0. The number of hydrogen-bond donors (Lipinski definition) is 0. The van der Waals surface area contributed by atoms with E-state index < -0.39 is 84.4 Å². The second-order valence-electron chi connectivity index (χ2n) is 6.15. The number of hydrogen-bond acceptors (Lipinski definition) is 6. The molecule has 0 aromatic rings. The maximum Gasteiger partial charge on any atom is 0.416 e. The molecule has 50 heavy (non-hydrogen) atoms. The summed E-state index contributed by atoms with van der Waals surface area (Å²) in [6, 6.07) is 0. The maximum atomic E-state index is 11.4. The predicted octanol–water partition coefficient (Wildman–Crippen LogP) is 10.8. The zero-order valence-electron chi connectivity index (χ0n) is 24.4. The first-order chi connectivity index (χ1) is 22.6. The number of halogens is 24. The zero-order valence-corrected chi connectivity index (χ0v) is 24.4. The summed E-state index contributed by atoms with van der Waals surface area (Å²) < 4.78 is 262. The molecule has 0 aromatic heterocycles. The van der Waals surface area contributed by atoms with Crippen LogP contribution in [0.2, 0.25) is 0 Å². The van der Waals surface area contributed by atoms with E-state index in [0.717, 1.165) is 0 Å². The highest BCUT2D eigenvalue weighted by Crippen LogP contribution is 2.19. The largest absolute Gasteiger partial charge is 0.416 e. The molecule has 30 heteroatoms. The molecule has 6 nitrogen and oxygen atoms in total. The predicted molar refractivity (Wildman–Crippen MR) is 120 cm³/mol.